The van der Waals surface area contributed by atoms with Gasteiger partial charge in [-0.2, -0.15) is 0 Å². The molecule has 1 saturated carbocycles. The van der Waals surface area contributed by atoms with Crippen LogP contribution in [0.3, 0.4) is 0 Å². The van der Waals surface area contributed by atoms with Crippen molar-refractivity contribution in [2.75, 3.05) is 0 Å². The highest BCUT2D eigenvalue weighted by molar-refractivity contribution is 5.65. The van der Waals surface area contributed by atoms with Crippen LogP contribution < -0.4 is 5.73 Å². The molecule has 23 heavy (non-hydrogen) atoms. The molecule has 0 spiro atoms. The lowest BCUT2D eigenvalue weighted by Crippen LogP contribution is -2.41. The van der Waals surface area contributed by atoms with E-state index in [2.05, 4.69) is 0 Å². The maximum atomic E-state index is 11.2. The zero-order valence-corrected chi connectivity index (χ0v) is 12.4. The molecule has 1 amide bonds. The van der Waals surface area contributed by atoms with E-state index in [-0.39, 0.29) is 23.4 Å². The maximum absolute atomic E-state index is 11.2. The number of rotatable bonds is 5. The Morgan fingerprint density at radius 3 is 2.35 bits per heavy atom. The Kier molecular flexibility index (Phi) is 4.77. The van der Waals surface area contributed by atoms with Crippen LogP contribution in [0.15, 0.2) is 18.2 Å². The summed E-state index contributed by atoms with van der Waals surface area (Å²) >= 11 is 0. The summed E-state index contributed by atoms with van der Waals surface area (Å²) in [6, 6.07) is 3.36. The molecule has 0 heterocycles. The molecule has 2 N–H and O–H groups in total. The van der Waals surface area contributed by atoms with Crippen molar-refractivity contribution in [1.29, 1.82) is 0 Å². The fourth-order valence-electron chi connectivity index (χ4n) is 3.08. The third-order valence-electron chi connectivity index (χ3n) is 4.07. The van der Waals surface area contributed by atoms with Crippen LogP contribution >= 0.6 is 0 Å². The van der Waals surface area contributed by atoms with Gasteiger partial charge >= 0.3 is 6.09 Å². The minimum atomic E-state index is -0.944. The third-order valence-corrected chi connectivity index (χ3v) is 4.07. The number of carbonyl (C=O) groups excluding carboxylic acids is 1. The first kappa shape index (κ1) is 16.7. The molecule has 0 radical (unpaired) electrons. The zero-order chi connectivity index (χ0) is 17.0. The van der Waals surface area contributed by atoms with Gasteiger partial charge in [-0.1, -0.05) is 6.42 Å². The molecule has 1 fully saturated rings. The quantitative estimate of drug-likeness (QED) is 0.653. The van der Waals surface area contributed by atoms with Gasteiger partial charge in [-0.05, 0) is 25.7 Å². The van der Waals surface area contributed by atoms with E-state index in [1.165, 1.54) is 6.07 Å². The van der Waals surface area contributed by atoms with E-state index in [0.29, 0.717) is 12.8 Å². The summed E-state index contributed by atoms with van der Waals surface area (Å²) in [6.45, 7) is 0. The summed E-state index contributed by atoms with van der Waals surface area (Å²) in [5.74, 6) is 0. The lowest BCUT2D eigenvalue weighted by atomic mass is 9.80. The number of ether oxygens (including phenoxy) is 1. The molecule has 0 aliphatic heterocycles. The molecule has 1 aromatic rings. The average Bonchev–Trinajstić information content (AvgIpc) is 2.46. The third kappa shape index (κ3) is 3.93. The van der Waals surface area contributed by atoms with Crippen molar-refractivity contribution in [3.05, 3.63) is 44.0 Å². The Labute approximate surface area is 131 Å². The molecule has 1 aliphatic rings. The van der Waals surface area contributed by atoms with Crippen LogP contribution in [-0.2, 0) is 11.2 Å². The molecule has 0 saturated heterocycles. The van der Waals surface area contributed by atoms with Crippen LogP contribution in [0.4, 0.5) is 16.2 Å². The van der Waals surface area contributed by atoms with Gasteiger partial charge in [0, 0.05) is 30.2 Å². The Bertz CT molecular complexity index is 639. The standard InChI is InChI=1S/C14H17N3O6/c15-13(18)23-14(6-2-1-3-7-14)9-10-8-11(16(19)20)4-5-12(10)17(21)22/h4-5,8H,1-3,6-7,9H2,(H2,15,18). The molecule has 0 atom stereocenters. The number of nitrogens with zero attached hydrogens (tertiary/aromatic N) is 2. The van der Waals surface area contributed by atoms with Gasteiger partial charge in [0.05, 0.1) is 9.85 Å². The number of carbonyl (C=O) groups is 1. The number of hydrogen-bond donors (Lipinski definition) is 1. The van der Waals surface area contributed by atoms with Crippen molar-refractivity contribution in [2.24, 2.45) is 5.73 Å². The lowest BCUT2D eigenvalue weighted by molar-refractivity contribution is -0.389. The predicted molar refractivity (Wildman–Crippen MR) is 79.9 cm³/mol. The first-order valence-corrected chi connectivity index (χ1v) is 7.23. The van der Waals surface area contributed by atoms with E-state index in [9.17, 15) is 25.0 Å². The topological polar surface area (TPSA) is 139 Å². The Hall–Kier alpha value is -2.71. The minimum absolute atomic E-state index is 0.0356. The fraction of sp³-hybridized carbons (Fsp3) is 0.500. The van der Waals surface area contributed by atoms with Crippen LogP contribution in [0.2, 0.25) is 0 Å². The largest absolute Gasteiger partial charge is 0.443 e. The molecule has 0 unspecified atom stereocenters. The van der Waals surface area contributed by atoms with Gasteiger partial charge in [-0.15, -0.1) is 0 Å². The SMILES string of the molecule is NC(=O)OC1(Cc2cc([N+](=O)[O-])ccc2[N+](=O)[O-])CCCCC1. The van der Waals surface area contributed by atoms with Crippen LogP contribution in [0.5, 0.6) is 0 Å². The highest BCUT2D eigenvalue weighted by Crippen LogP contribution is 2.37. The van der Waals surface area contributed by atoms with E-state index in [1.807, 2.05) is 0 Å². The van der Waals surface area contributed by atoms with E-state index in [0.717, 1.165) is 31.4 Å². The molecule has 9 heteroatoms. The van der Waals surface area contributed by atoms with E-state index in [1.54, 1.807) is 0 Å². The summed E-state index contributed by atoms with van der Waals surface area (Å²) < 4.78 is 5.26. The van der Waals surface area contributed by atoms with Crippen molar-refractivity contribution < 1.29 is 19.4 Å². The predicted octanol–water partition coefficient (Wildman–Crippen LogP) is 2.84. The molecular weight excluding hydrogens is 306 g/mol. The number of primary amides is 1. The number of nitro benzene ring substituents is 2. The van der Waals surface area contributed by atoms with Crippen molar-refractivity contribution >= 4 is 17.5 Å². The van der Waals surface area contributed by atoms with Gasteiger partial charge in [0.1, 0.15) is 5.60 Å². The molecule has 1 aliphatic carbocycles. The van der Waals surface area contributed by atoms with Crippen LogP contribution in [0.1, 0.15) is 37.7 Å². The summed E-state index contributed by atoms with van der Waals surface area (Å²) in [7, 11) is 0. The van der Waals surface area contributed by atoms with E-state index < -0.39 is 21.5 Å². The maximum Gasteiger partial charge on any atom is 0.405 e. The minimum Gasteiger partial charge on any atom is -0.443 e. The van der Waals surface area contributed by atoms with Crippen molar-refractivity contribution in [3.63, 3.8) is 0 Å². The number of hydrogen-bond acceptors (Lipinski definition) is 6. The number of non-ortho nitro benzene ring substituents is 1. The summed E-state index contributed by atoms with van der Waals surface area (Å²) in [4.78, 5) is 32.1. The van der Waals surface area contributed by atoms with Gasteiger partial charge in [0.2, 0.25) is 0 Å². The number of nitrogens with two attached hydrogens (primary N) is 1. The first-order valence-electron chi connectivity index (χ1n) is 7.23. The number of amides is 1. The molecule has 0 bridgehead atoms. The molecule has 2 rings (SSSR count). The normalized spacial score (nSPS) is 16.5. The Morgan fingerprint density at radius 1 is 1.17 bits per heavy atom. The zero-order valence-electron chi connectivity index (χ0n) is 12.4. The molecule has 124 valence electrons. The van der Waals surface area contributed by atoms with Crippen LogP contribution in [0.25, 0.3) is 0 Å². The van der Waals surface area contributed by atoms with Gasteiger partial charge in [0.25, 0.3) is 11.4 Å². The summed E-state index contributed by atoms with van der Waals surface area (Å²) in [5, 5.41) is 22.1. The van der Waals surface area contributed by atoms with Gasteiger partial charge in [-0.3, -0.25) is 20.2 Å². The lowest BCUT2D eigenvalue weighted by Gasteiger charge is -2.36. The van der Waals surface area contributed by atoms with Gasteiger partial charge in [-0.25, -0.2) is 4.79 Å². The van der Waals surface area contributed by atoms with Crippen molar-refractivity contribution in [3.8, 4) is 0 Å². The van der Waals surface area contributed by atoms with E-state index >= 15 is 0 Å². The Morgan fingerprint density at radius 2 is 1.83 bits per heavy atom. The van der Waals surface area contributed by atoms with Gasteiger partial charge < -0.3 is 10.5 Å². The first-order chi connectivity index (χ1) is 10.8. The number of benzene rings is 1. The molecule has 9 nitrogen and oxygen atoms in total. The van der Waals surface area contributed by atoms with Crippen molar-refractivity contribution in [2.45, 2.75) is 44.1 Å². The molecule has 0 aromatic heterocycles. The average molecular weight is 323 g/mol. The second-order valence-electron chi connectivity index (χ2n) is 5.67. The molecule has 1 aromatic carbocycles. The summed E-state index contributed by atoms with van der Waals surface area (Å²) in [5.41, 5.74) is 3.90. The number of nitro groups is 2. The molecular formula is C14H17N3O6. The van der Waals surface area contributed by atoms with Crippen LogP contribution in [0, 0.1) is 20.2 Å². The fourth-order valence-corrected chi connectivity index (χ4v) is 3.08. The summed E-state index contributed by atoms with van der Waals surface area (Å²) in [6.07, 6.45) is 2.71. The van der Waals surface area contributed by atoms with Crippen molar-refractivity contribution in [1.82, 2.24) is 0 Å². The smallest absolute Gasteiger partial charge is 0.405 e. The highest BCUT2D eigenvalue weighted by Gasteiger charge is 2.38. The monoisotopic (exact) mass is 323 g/mol. The van der Waals surface area contributed by atoms with Crippen LogP contribution in [-0.4, -0.2) is 21.5 Å². The second kappa shape index (κ2) is 6.59. The van der Waals surface area contributed by atoms with Gasteiger partial charge in [0.15, 0.2) is 0 Å². The van der Waals surface area contributed by atoms with E-state index in [4.69, 9.17) is 10.5 Å². The Balaban J connectivity index is 2.41. The second-order valence-corrected chi connectivity index (χ2v) is 5.67. The highest BCUT2D eigenvalue weighted by atomic mass is 16.6.